The molecular weight excluding hydrogens is 414 g/mol. The number of aromatic nitrogens is 3. The Balaban J connectivity index is 1.30. The first-order chi connectivity index (χ1) is 14.8. The van der Waals surface area contributed by atoms with Gasteiger partial charge in [0.05, 0.1) is 5.02 Å². The maximum Gasteiger partial charge on any atom is 0.222 e. The number of benzene rings is 1. The quantitative estimate of drug-likeness (QED) is 0.408. The number of hydrogen-bond donors (Lipinski definition) is 2. The van der Waals surface area contributed by atoms with Gasteiger partial charge >= 0.3 is 0 Å². The predicted molar refractivity (Wildman–Crippen MR) is 127 cm³/mol. The van der Waals surface area contributed by atoms with Gasteiger partial charge in [-0.05, 0) is 54.6 Å². The minimum atomic E-state index is 0.509. The molecule has 0 aliphatic heterocycles. The number of nitrogens with one attached hydrogen (secondary N) is 2. The summed E-state index contributed by atoms with van der Waals surface area (Å²) < 4.78 is 3.21. The average molecular weight is 438 g/mol. The van der Waals surface area contributed by atoms with Gasteiger partial charge in [-0.25, -0.2) is 15.0 Å². The van der Waals surface area contributed by atoms with Crippen LogP contribution in [0.25, 0.3) is 12.2 Å². The molecule has 2 aromatic heterocycles. The maximum atomic E-state index is 6.17. The second kappa shape index (κ2) is 10.5. The van der Waals surface area contributed by atoms with Crippen LogP contribution in [0.3, 0.4) is 0 Å². The van der Waals surface area contributed by atoms with Gasteiger partial charge in [-0.3, -0.25) is 0 Å². The molecule has 3 aromatic rings. The minimum absolute atomic E-state index is 0.509. The van der Waals surface area contributed by atoms with Crippen LogP contribution in [0.1, 0.15) is 43.2 Å². The Kier molecular flexibility index (Phi) is 7.21. The largest absolute Gasteiger partial charge is 0.351 e. The van der Waals surface area contributed by atoms with Gasteiger partial charge in [-0.15, -0.1) is 0 Å². The van der Waals surface area contributed by atoms with E-state index in [9.17, 15) is 0 Å². The number of anilines is 2. The third-order valence-electron chi connectivity index (χ3n) is 4.97. The van der Waals surface area contributed by atoms with Gasteiger partial charge in [-0.1, -0.05) is 55.1 Å². The molecule has 0 unspecified atom stereocenters. The summed E-state index contributed by atoms with van der Waals surface area (Å²) in [6.07, 6.45) is 15.9. The van der Waals surface area contributed by atoms with Crippen LogP contribution >= 0.6 is 23.5 Å². The normalized spacial score (nSPS) is 14.7. The van der Waals surface area contributed by atoms with E-state index in [0.29, 0.717) is 12.0 Å². The van der Waals surface area contributed by atoms with Crippen molar-refractivity contribution in [3.8, 4) is 0 Å². The van der Waals surface area contributed by atoms with Crippen molar-refractivity contribution in [3.63, 3.8) is 0 Å². The van der Waals surface area contributed by atoms with Gasteiger partial charge in [0.25, 0.3) is 0 Å². The highest BCUT2D eigenvalue weighted by Crippen LogP contribution is 2.27. The average Bonchev–Trinajstić information content (AvgIpc) is 2.79. The van der Waals surface area contributed by atoms with Crippen LogP contribution in [0.4, 0.5) is 11.8 Å². The van der Waals surface area contributed by atoms with E-state index in [1.165, 1.54) is 44.1 Å². The zero-order valence-electron chi connectivity index (χ0n) is 16.6. The second-order valence-electron chi connectivity index (χ2n) is 7.26. The smallest absolute Gasteiger partial charge is 0.222 e. The van der Waals surface area contributed by atoms with E-state index >= 15 is 0 Å². The molecule has 7 heteroatoms. The Hall–Kier alpha value is -2.57. The molecule has 0 atom stereocenters. The fourth-order valence-electron chi connectivity index (χ4n) is 3.32. The SMILES string of the molecule is Clc1ccccc1SNc1ccc(/C=C/c2cnc(NC3CCCCC3)nc2)cn1. The van der Waals surface area contributed by atoms with Crippen LogP contribution in [0, 0.1) is 0 Å². The van der Waals surface area contributed by atoms with Gasteiger partial charge in [0.1, 0.15) is 5.82 Å². The van der Waals surface area contributed by atoms with Crippen LogP contribution in [0.15, 0.2) is 59.9 Å². The van der Waals surface area contributed by atoms with Crippen molar-refractivity contribution in [1.29, 1.82) is 0 Å². The Morgan fingerprint density at radius 2 is 1.60 bits per heavy atom. The number of nitrogens with zero attached hydrogens (tertiary/aromatic N) is 3. The standard InChI is InChI=1S/C23H24ClN5S/c24-20-8-4-5-9-21(20)30-29-22-13-12-17(14-25-22)10-11-18-15-26-23(27-16-18)28-19-6-2-1-3-7-19/h4-5,8-16,19H,1-3,6-7H2,(H,25,29)(H,26,27,28)/b11-10+. The van der Waals surface area contributed by atoms with Crippen LogP contribution < -0.4 is 10.0 Å². The molecule has 1 aliphatic rings. The highest BCUT2D eigenvalue weighted by molar-refractivity contribution is 8.00. The van der Waals surface area contributed by atoms with Gasteiger partial charge < -0.3 is 10.0 Å². The molecule has 1 aromatic carbocycles. The highest BCUT2D eigenvalue weighted by Gasteiger charge is 2.13. The lowest BCUT2D eigenvalue weighted by Gasteiger charge is -2.22. The zero-order valence-corrected chi connectivity index (χ0v) is 18.2. The van der Waals surface area contributed by atoms with Crippen molar-refractivity contribution in [1.82, 2.24) is 15.0 Å². The topological polar surface area (TPSA) is 62.7 Å². The van der Waals surface area contributed by atoms with Crippen LogP contribution in [0.2, 0.25) is 5.02 Å². The number of hydrogen-bond acceptors (Lipinski definition) is 6. The Bertz CT molecular complexity index is 970. The molecule has 0 spiro atoms. The summed E-state index contributed by atoms with van der Waals surface area (Å²) in [6, 6.07) is 12.2. The lowest BCUT2D eigenvalue weighted by atomic mass is 9.96. The summed E-state index contributed by atoms with van der Waals surface area (Å²) in [5.41, 5.74) is 1.97. The fraction of sp³-hybridized carbons (Fsp3) is 0.261. The third-order valence-corrected chi connectivity index (χ3v) is 6.30. The fourth-order valence-corrected chi connectivity index (χ4v) is 4.22. The van der Waals surface area contributed by atoms with Crippen LogP contribution in [-0.2, 0) is 0 Å². The van der Waals surface area contributed by atoms with E-state index in [0.717, 1.165) is 26.9 Å². The van der Waals surface area contributed by atoms with Crippen molar-refractivity contribution in [2.45, 2.75) is 43.0 Å². The first-order valence-electron chi connectivity index (χ1n) is 10.2. The minimum Gasteiger partial charge on any atom is -0.351 e. The lowest BCUT2D eigenvalue weighted by Crippen LogP contribution is -2.23. The Labute approximate surface area is 186 Å². The second-order valence-corrected chi connectivity index (χ2v) is 8.52. The van der Waals surface area contributed by atoms with Gasteiger partial charge in [0, 0.05) is 35.1 Å². The monoisotopic (exact) mass is 437 g/mol. The molecule has 4 rings (SSSR count). The van der Waals surface area contributed by atoms with Crippen molar-refractivity contribution in [3.05, 3.63) is 71.1 Å². The molecule has 1 saturated carbocycles. The number of pyridine rings is 1. The number of halogens is 1. The summed E-state index contributed by atoms with van der Waals surface area (Å²) >= 11 is 7.61. The van der Waals surface area contributed by atoms with Crippen molar-refractivity contribution in [2.24, 2.45) is 0 Å². The van der Waals surface area contributed by atoms with E-state index in [4.69, 9.17) is 11.6 Å². The molecule has 2 heterocycles. The Morgan fingerprint density at radius 1 is 0.867 bits per heavy atom. The van der Waals surface area contributed by atoms with Crippen molar-refractivity contribution >= 4 is 47.5 Å². The van der Waals surface area contributed by atoms with Crippen LogP contribution in [-0.4, -0.2) is 21.0 Å². The zero-order chi connectivity index (χ0) is 20.6. The summed E-state index contributed by atoms with van der Waals surface area (Å²) in [6.45, 7) is 0. The molecule has 0 saturated heterocycles. The molecule has 154 valence electrons. The third kappa shape index (κ3) is 5.97. The summed E-state index contributed by atoms with van der Waals surface area (Å²) in [5, 5.41) is 4.16. The molecule has 2 N–H and O–H groups in total. The molecule has 30 heavy (non-hydrogen) atoms. The van der Waals surface area contributed by atoms with E-state index in [1.807, 2.05) is 67.1 Å². The summed E-state index contributed by atoms with van der Waals surface area (Å²) in [5.74, 6) is 1.49. The van der Waals surface area contributed by atoms with E-state index < -0.39 is 0 Å². The van der Waals surface area contributed by atoms with E-state index in [2.05, 4.69) is 25.0 Å². The molecular formula is C23H24ClN5S. The number of rotatable bonds is 7. The molecule has 0 amide bonds. The maximum absolute atomic E-state index is 6.17. The van der Waals surface area contributed by atoms with Gasteiger partial charge in [0.2, 0.25) is 5.95 Å². The summed E-state index contributed by atoms with van der Waals surface area (Å²) in [7, 11) is 0. The van der Waals surface area contributed by atoms with Gasteiger partial charge in [0.15, 0.2) is 0 Å². The highest BCUT2D eigenvalue weighted by atomic mass is 35.5. The van der Waals surface area contributed by atoms with Crippen molar-refractivity contribution in [2.75, 3.05) is 10.0 Å². The van der Waals surface area contributed by atoms with Crippen molar-refractivity contribution < 1.29 is 0 Å². The molecule has 0 bridgehead atoms. The first kappa shape index (κ1) is 20.7. The predicted octanol–water partition coefficient (Wildman–Crippen LogP) is 6.56. The van der Waals surface area contributed by atoms with E-state index in [-0.39, 0.29) is 0 Å². The lowest BCUT2D eigenvalue weighted by molar-refractivity contribution is 0.461. The summed E-state index contributed by atoms with van der Waals surface area (Å²) in [4.78, 5) is 14.3. The van der Waals surface area contributed by atoms with E-state index in [1.54, 1.807) is 0 Å². The Morgan fingerprint density at radius 3 is 2.33 bits per heavy atom. The molecule has 5 nitrogen and oxygen atoms in total. The van der Waals surface area contributed by atoms with Gasteiger partial charge in [-0.2, -0.15) is 0 Å². The van der Waals surface area contributed by atoms with Crippen LogP contribution in [0.5, 0.6) is 0 Å². The molecule has 0 radical (unpaired) electrons. The molecule has 1 fully saturated rings. The molecule has 1 aliphatic carbocycles. The first-order valence-corrected chi connectivity index (χ1v) is 11.4.